The van der Waals surface area contributed by atoms with Gasteiger partial charge in [-0.25, -0.2) is 0 Å². The monoisotopic (exact) mass is 147 g/mol. The average Bonchev–Trinajstić information content (AvgIpc) is 1.80. The minimum absolute atomic E-state index is 0.385. The Morgan fingerprint density at radius 1 is 1.78 bits per heavy atom. The maximum atomic E-state index is 10.4. The van der Waals surface area contributed by atoms with Gasteiger partial charge in [0.2, 0.25) is 0 Å². The first-order chi connectivity index (χ1) is 4.27. The Kier molecular flexibility index (Phi) is 5.23. The van der Waals surface area contributed by atoms with Crippen LogP contribution in [0.2, 0.25) is 0 Å². The molecule has 0 aliphatic carbocycles. The summed E-state index contributed by atoms with van der Waals surface area (Å²) in [7, 11) is -0.758. The molecule has 0 bridgehead atoms. The van der Waals surface area contributed by atoms with Crippen molar-refractivity contribution in [3.8, 4) is 6.26 Å². The Hall–Kier alpha value is -0.560. The molecule has 0 N–H and O–H groups in total. The molecule has 3 nitrogen and oxygen atoms in total. The second-order valence-electron chi connectivity index (χ2n) is 1.57. The van der Waals surface area contributed by atoms with Crippen LogP contribution in [0.3, 0.4) is 0 Å². The van der Waals surface area contributed by atoms with E-state index in [0.29, 0.717) is 18.8 Å². The molecule has 0 amide bonds. The maximum Gasteiger partial charge on any atom is 0.286 e. The fraction of sp³-hybridized carbons (Fsp3) is 0.800. The summed E-state index contributed by atoms with van der Waals surface area (Å²) >= 11 is 0. The van der Waals surface area contributed by atoms with Gasteiger partial charge in [0, 0.05) is 22.8 Å². The van der Waals surface area contributed by atoms with Crippen molar-refractivity contribution in [2.45, 2.75) is 6.42 Å². The Morgan fingerprint density at radius 3 is 2.89 bits per heavy atom. The summed E-state index contributed by atoms with van der Waals surface area (Å²) < 4.78 is 14.7. The van der Waals surface area contributed by atoms with Gasteiger partial charge in [-0.1, -0.05) is 0 Å². The van der Waals surface area contributed by atoms with Crippen LogP contribution in [0.1, 0.15) is 6.42 Å². The first-order valence-corrected chi connectivity index (χ1v) is 4.31. The van der Waals surface area contributed by atoms with Gasteiger partial charge in [0.25, 0.3) is 6.26 Å². The molecule has 0 radical (unpaired) electrons. The third-order valence-electron chi connectivity index (χ3n) is 0.743. The summed E-state index contributed by atoms with van der Waals surface area (Å²) in [5.74, 6) is 0.613. The highest BCUT2D eigenvalue weighted by atomic mass is 32.2. The van der Waals surface area contributed by atoms with E-state index in [0.717, 1.165) is 0 Å². The van der Waals surface area contributed by atoms with Gasteiger partial charge < -0.3 is 4.74 Å². The van der Waals surface area contributed by atoms with Crippen molar-refractivity contribution in [2.75, 3.05) is 18.6 Å². The molecule has 0 aromatic rings. The molecule has 9 heavy (non-hydrogen) atoms. The first kappa shape index (κ1) is 8.44. The number of nitrogens with zero attached hydrogens (tertiary/aromatic N) is 1. The molecule has 0 saturated heterocycles. The zero-order chi connectivity index (χ0) is 7.11. The average molecular weight is 147 g/mol. The van der Waals surface area contributed by atoms with Crippen LogP contribution < -0.4 is 0 Å². The van der Waals surface area contributed by atoms with Gasteiger partial charge in [-0.05, 0) is 6.42 Å². The lowest BCUT2D eigenvalue weighted by atomic mass is 10.5. The van der Waals surface area contributed by atoms with Crippen LogP contribution >= 0.6 is 0 Å². The zero-order valence-electron chi connectivity index (χ0n) is 5.29. The number of nitriles is 1. The molecule has 1 atom stereocenters. The quantitative estimate of drug-likeness (QED) is 0.423. The van der Waals surface area contributed by atoms with Crippen LogP contribution in [0, 0.1) is 11.5 Å². The second-order valence-corrected chi connectivity index (χ2v) is 3.13. The van der Waals surface area contributed by atoms with Crippen LogP contribution in [0.25, 0.3) is 0 Å². The molecular formula is C5H9NO2S. The minimum Gasteiger partial charge on any atom is -0.427 e. The lowest BCUT2D eigenvalue weighted by Gasteiger charge is -1.92. The number of rotatable bonds is 4. The Balaban J connectivity index is 2.94. The Morgan fingerprint density at radius 2 is 2.44 bits per heavy atom. The molecule has 0 aliphatic heterocycles. The van der Waals surface area contributed by atoms with E-state index in [1.54, 1.807) is 12.5 Å². The molecule has 1 unspecified atom stereocenters. The van der Waals surface area contributed by atoms with E-state index in [9.17, 15) is 4.21 Å². The highest BCUT2D eigenvalue weighted by Gasteiger charge is 1.89. The van der Waals surface area contributed by atoms with Gasteiger partial charge in [0.05, 0.1) is 0 Å². The van der Waals surface area contributed by atoms with E-state index in [2.05, 4.69) is 4.74 Å². The Labute approximate surface area is 57.1 Å². The number of hydrogen-bond acceptors (Lipinski definition) is 3. The van der Waals surface area contributed by atoms with E-state index < -0.39 is 10.8 Å². The predicted molar refractivity (Wildman–Crippen MR) is 35.1 cm³/mol. The van der Waals surface area contributed by atoms with Crippen LogP contribution in [-0.2, 0) is 15.5 Å². The lowest BCUT2D eigenvalue weighted by Crippen LogP contribution is -1.97. The molecule has 0 spiro atoms. The zero-order valence-corrected chi connectivity index (χ0v) is 6.11. The van der Waals surface area contributed by atoms with Crippen molar-refractivity contribution >= 4 is 10.8 Å². The number of hydrogen-bond donors (Lipinski definition) is 0. The summed E-state index contributed by atoms with van der Waals surface area (Å²) in [6, 6.07) is 0. The van der Waals surface area contributed by atoms with Gasteiger partial charge in [0.1, 0.15) is 6.61 Å². The first-order valence-electron chi connectivity index (χ1n) is 2.58. The second kappa shape index (κ2) is 5.57. The summed E-state index contributed by atoms with van der Waals surface area (Å²) in [6.07, 6.45) is 3.86. The Bertz CT molecular complexity index is 129. The van der Waals surface area contributed by atoms with Gasteiger partial charge in [0.15, 0.2) is 0 Å². The van der Waals surface area contributed by atoms with Crippen LogP contribution in [0.4, 0.5) is 0 Å². The third-order valence-corrected chi connectivity index (χ3v) is 1.61. The van der Waals surface area contributed by atoms with Gasteiger partial charge in [-0.2, -0.15) is 5.26 Å². The molecule has 4 heteroatoms. The molecule has 0 aromatic heterocycles. The van der Waals surface area contributed by atoms with Crippen LogP contribution in [-0.4, -0.2) is 22.8 Å². The number of ether oxygens (including phenoxy) is 1. The van der Waals surface area contributed by atoms with Gasteiger partial charge in [-0.3, -0.25) is 4.21 Å². The van der Waals surface area contributed by atoms with Crippen LogP contribution in [0.15, 0.2) is 0 Å². The van der Waals surface area contributed by atoms with E-state index in [1.807, 2.05) is 0 Å². The largest absolute Gasteiger partial charge is 0.427 e. The lowest BCUT2D eigenvalue weighted by molar-refractivity contribution is 0.271. The van der Waals surface area contributed by atoms with Crippen LogP contribution in [0.5, 0.6) is 0 Å². The summed E-state index contributed by atoms with van der Waals surface area (Å²) in [4.78, 5) is 0. The van der Waals surface area contributed by atoms with Crippen molar-refractivity contribution in [3.05, 3.63) is 0 Å². The third kappa shape index (κ3) is 7.44. The highest BCUT2D eigenvalue weighted by Crippen LogP contribution is 1.83. The molecule has 0 aromatic carbocycles. The van der Waals surface area contributed by atoms with Gasteiger partial charge >= 0.3 is 0 Å². The summed E-state index contributed by atoms with van der Waals surface area (Å²) in [5.41, 5.74) is 0. The van der Waals surface area contributed by atoms with Crippen molar-refractivity contribution in [2.24, 2.45) is 0 Å². The normalized spacial score (nSPS) is 12.0. The fourth-order valence-corrected chi connectivity index (χ4v) is 0.904. The van der Waals surface area contributed by atoms with E-state index in [4.69, 9.17) is 5.26 Å². The highest BCUT2D eigenvalue weighted by molar-refractivity contribution is 7.84. The maximum absolute atomic E-state index is 10.4. The standard InChI is InChI=1S/C5H9NO2S/c1-9(7)4-2-3-8-5-6/h2-4H2,1H3. The minimum atomic E-state index is -0.758. The van der Waals surface area contributed by atoms with Crippen molar-refractivity contribution in [3.63, 3.8) is 0 Å². The molecular weight excluding hydrogens is 138 g/mol. The van der Waals surface area contributed by atoms with Crippen molar-refractivity contribution in [1.29, 1.82) is 5.26 Å². The molecule has 0 saturated carbocycles. The fourth-order valence-electron chi connectivity index (χ4n) is 0.380. The smallest absolute Gasteiger partial charge is 0.286 e. The molecule has 0 aliphatic rings. The molecule has 52 valence electrons. The molecule has 0 heterocycles. The van der Waals surface area contributed by atoms with Gasteiger partial charge in [-0.15, -0.1) is 0 Å². The summed E-state index contributed by atoms with van der Waals surface area (Å²) in [5, 5.41) is 7.88. The molecule has 0 fully saturated rings. The van der Waals surface area contributed by atoms with E-state index >= 15 is 0 Å². The van der Waals surface area contributed by atoms with E-state index in [1.165, 1.54) is 0 Å². The SMILES string of the molecule is CS(=O)CCCOC#N. The van der Waals surface area contributed by atoms with Crippen molar-refractivity contribution in [1.82, 2.24) is 0 Å². The van der Waals surface area contributed by atoms with E-state index in [-0.39, 0.29) is 0 Å². The van der Waals surface area contributed by atoms with Crippen molar-refractivity contribution < 1.29 is 8.95 Å². The topological polar surface area (TPSA) is 50.1 Å². The predicted octanol–water partition coefficient (Wildman–Crippen LogP) is 0.253. The molecule has 0 rings (SSSR count). The summed E-state index contributed by atoms with van der Waals surface area (Å²) in [6.45, 7) is 0.385.